The summed E-state index contributed by atoms with van der Waals surface area (Å²) in [4.78, 5) is 12.7. The van der Waals surface area contributed by atoms with E-state index in [1.165, 1.54) is 0 Å². The van der Waals surface area contributed by atoms with E-state index in [0.717, 1.165) is 32.3 Å². The summed E-state index contributed by atoms with van der Waals surface area (Å²) >= 11 is 9.84. The lowest BCUT2D eigenvalue weighted by atomic mass is 10.1. The van der Waals surface area contributed by atoms with Gasteiger partial charge in [0, 0.05) is 28.1 Å². The molecule has 0 aromatic heterocycles. The second kappa shape index (κ2) is 9.07. The molecule has 3 aromatic rings. The predicted molar refractivity (Wildman–Crippen MR) is 124 cm³/mol. The first-order valence-electron chi connectivity index (χ1n) is 9.72. The van der Waals surface area contributed by atoms with E-state index in [0.29, 0.717) is 36.2 Å². The smallest absolute Gasteiger partial charge is 0.189 e. The van der Waals surface area contributed by atoms with Crippen molar-refractivity contribution in [3.63, 3.8) is 0 Å². The Morgan fingerprint density at radius 2 is 1.83 bits per heavy atom. The van der Waals surface area contributed by atoms with Gasteiger partial charge in [-0.25, -0.2) is 0 Å². The summed E-state index contributed by atoms with van der Waals surface area (Å²) in [6.45, 7) is 2.75. The lowest BCUT2D eigenvalue weighted by Gasteiger charge is -2.15. The fourth-order valence-electron chi connectivity index (χ4n) is 3.51. The van der Waals surface area contributed by atoms with Crippen molar-refractivity contribution in [1.82, 2.24) is 0 Å². The van der Waals surface area contributed by atoms with E-state index in [-0.39, 0.29) is 5.78 Å². The van der Waals surface area contributed by atoms with Crippen molar-refractivity contribution in [2.45, 2.75) is 20.0 Å². The molecule has 30 heavy (non-hydrogen) atoms. The highest BCUT2D eigenvalue weighted by Crippen LogP contribution is 2.39. The summed E-state index contributed by atoms with van der Waals surface area (Å²) in [6.07, 6.45) is 2.56. The van der Waals surface area contributed by atoms with Gasteiger partial charge < -0.3 is 9.47 Å². The number of Topliss-reactive ketones (excluding diaryl/α,β-unsaturated/α-hetero) is 1. The monoisotopic (exact) mass is 482 g/mol. The van der Waals surface area contributed by atoms with Gasteiger partial charge in [0.2, 0.25) is 0 Å². The van der Waals surface area contributed by atoms with Gasteiger partial charge in [0.15, 0.2) is 17.3 Å². The first-order valence-corrected chi connectivity index (χ1v) is 10.9. The minimum absolute atomic E-state index is 0.0822. The highest BCUT2D eigenvalue weighted by atomic mass is 79.9. The molecule has 0 atom stereocenters. The van der Waals surface area contributed by atoms with Crippen molar-refractivity contribution >= 4 is 39.4 Å². The largest absolute Gasteiger partial charge is 0.490 e. The fraction of sp³-hybridized carbons (Fsp3) is 0.160. The van der Waals surface area contributed by atoms with Crippen molar-refractivity contribution in [2.24, 2.45) is 0 Å². The molecule has 1 aliphatic rings. The van der Waals surface area contributed by atoms with Crippen LogP contribution in [-0.2, 0) is 13.0 Å². The van der Waals surface area contributed by atoms with Crippen molar-refractivity contribution in [3.05, 3.63) is 98.0 Å². The molecule has 5 heteroatoms. The van der Waals surface area contributed by atoms with Gasteiger partial charge in [0.05, 0.1) is 11.1 Å². The van der Waals surface area contributed by atoms with Crippen LogP contribution in [0.1, 0.15) is 34.0 Å². The molecule has 0 saturated heterocycles. The van der Waals surface area contributed by atoms with Gasteiger partial charge in [-0.2, -0.15) is 0 Å². The van der Waals surface area contributed by atoms with Gasteiger partial charge in [-0.15, -0.1) is 0 Å². The van der Waals surface area contributed by atoms with E-state index in [4.69, 9.17) is 21.1 Å². The van der Waals surface area contributed by atoms with E-state index >= 15 is 0 Å². The van der Waals surface area contributed by atoms with Crippen LogP contribution in [0.4, 0.5) is 0 Å². The summed E-state index contributed by atoms with van der Waals surface area (Å²) in [6, 6.07) is 19.2. The Labute approximate surface area is 189 Å². The Bertz CT molecular complexity index is 1140. The average Bonchev–Trinajstić information content (AvgIpc) is 3.04. The molecule has 3 nitrogen and oxygen atoms in total. The zero-order chi connectivity index (χ0) is 21.1. The topological polar surface area (TPSA) is 35.5 Å². The number of benzene rings is 3. The SMILES string of the molecule is CCOc1cc(/C=C2\Cc3ccccc3C2=O)cc(Br)c1OCc1ccccc1Cl. The highest BCUT2D eigenvalue weighted by molar-refractivity contribution is 9.10. The molecule has 0 saturated carbocycles. The van der Waals surface area contributed by atoms with E-state index < -0.39 is 0 Å². The molecule has 1 aliphatic carbocycles. The third kappa shape index (κ3) is 4.30. The van der Waals surface area contributed by atoms with Crippen LogP contribution in [0.2, 0.25) is 5.02 Å². The van der Waals surface area contributed by atoms with Crippen molar-refractivity contribution in [3.8, 4) is 11.5 Å². The third-order valence-electron chi connectivity index (χ3n) is 4.94. The van der Waals surface area contributed by atoms with Crippen LogP contribution in [0, 0.1) is 0 Å². The third-order valence-corrected chi connectivity index (χ3v) is 5.89. The van der Waals surface area contributed by atoms with Gasteiger partial charge in [0.25, 0.3) is 0 Å². The molecule has 0 aliphatic heterocycles. The average molecular weight is 484 g/mol. The highest BCUT2D eigenvalue weighted by Gasteiger charge is 2.24. The van der Waals surface area contributed by atoms with Gasteiger partial charge in [-0.1, -0.05) is 54.1 Å². The van der Waals surface area contributed by atoms with Crippen LogP contribution < -0.4 is 9.47 Å². The molecule has 4 rings (SSSR count). The molecule has 152 valence electrons. The van der Waals surface area contributed by atoms with Crippen molar-refractivity contribution in [2.75, 3.05) is 6.61 Å². The van der Waals surface area contributed by atoms with Gasteiger partial charge >= 0.3 is 0 Å². The molecule has 0 radical (unpaired) electrons. The Morgan fingerprint density at radius 3 is 2.60 bits per heavy atom. The van der Waals surface area contributed by atoms with Gasteiger partial charge in [-0.05, 0) is 58.3 Å². The Kier molecular flexibility index (Phi) is 6.26. The maximum Gasteiger partial charge on any atom is 0.189 e. The summed E-state index contributed by atoms with van der Waals surface area (Å²) < 4.78 is 12.6. The minimum Gasteiger partial charge on any atom is -0.490 e. The summed E-state index contributed by atoms with van der Waals surface area (Å²) in [5.41, 5.74) is 4.40. The first-order chi connectivity index (χ1) is 14.6. The summed E-state index contributed by atoms with van der Waals surface area (Å²) in [7, 11) is 0. The molecule has 0 amide bonds. The zero-order valence-corrected chi connectivity index (χ0v) is 18.8. The number of rotatable bonds is 6. The standard InChI is InChI=1S/C25H20BrClO3/c1-2-29-23-13-16(11-19-14-17-7-3-5-9-20(17)24(19)28)12-21(26)25(23)30-15-18-8-4-6-10-22(18)27/h3-13H,2,14-15H2,1H3/b19-11+. The number of allylic oxidation sites excluding steroid dienone is 1. The fourth-order valence-corrected chi connectivity index (χ4v) is 4.28. The molecule has 0 unspecified atom stereocenters. The van der Waals surface area contributed by atoms with E-state index in [9.17, 15) is 4.79 Å². The number of hydrogen-bond acceptors (Lipinski definition) is 3. The minimum atomic E-state index is 0.0822. The maximum atomic E-state index is 12.7. The van der Waals surface area contributed by atoms with Gasteiger partial charge in [-0.3, -0.25) is 4.79 Å². The van der Waals surface area contributed by atoms with E-state index in [1.807, 2.05) is 73.7 Å². The number of hydrogen-bond donors (Lipinski definition) is 0. The Hall–Kier alpha value is -2.56. The van der Waals surface area contributed by atoms with Crippen molar-refractivity contribution < 1.29 is 14.3 Å². The maximum absolute atomic E-state index is 12.7. The quantitative estimate of drug-likeness (QED) is 0.358. The van der Waals surface area contributed by atoms with E-state index in [2.05, 4.69) is 15.9 Å². The molecule has 3 aromatic carbocycles. The number of halogens is 2. The number of carbonyl (C=O) groups excluding carboxylic acids is 1. The second-order valence-corrected chi connectivity index (χ2v) is 8.24. The van der Waals surface area contributed by atoms with Crippen LogP contribution in [0.3, 0.4) is 0 Å². The van der Waals surface area contributed by atoms with Crippen LogP contribution in [-0.4, -0.2) is 12.4 Å². The van der Waals surface area contributed by atoms with E-state index in [1.54, 1.807) is 0 Å². The number of ether oxygens (including phenoxy) is 2. The lowest BCUT2D eigenvalue weighted by molar-refractivity contribution is 0.104. The summed E-state index contributed by atoms with van der Waals surface area (Å²) in [5.74, 6) is 1.31. The molecule has 0 bridgehead atoms. The molecule has 0 heterocycles. The van der Waals surface area contributed by atoms with Crippen LogP contribution in [0.5, 0.6) is 11.5 Å². The summed E-state index contributed by atoms with van der Waals surface area (Å²) in [5, 5.41) is 0.659. The van der Waals surface area contributed by atoms with Crippen LogP contribution in [0.25, 0.3) is 6.08 Å². The Morgan fingerprint density at radius 1 is 1.07 bits per heavy atom. The number of carbonyl (C=O) groups is 1. The lowest BCUT2D eigenvalue weighted by Crippen LogP contribution is -2.02. The van der Waals surface area contributed by atoms with Crippen molar-refractivity contribution in [1.29, 1.82) is 0 Å². The second-order valence-electron chi connectivity index (χ2n) is 6.98. The molecule has 0 spiro atoms. The Balaban J connectivity index is 1.62. The van der Waals surface area contributed by atoms with Crippen LogP contribution >= 0.6 is 27.5 Å². The predicted octanol–water partition coefficient (Wildman–Crippen LogP) is 6.90. The molecule has 0 N–H and O–H groups in total. The molecular weight excluding hydrogens is 464 g/mol. The van der Waals surface area contributed by atoms with Crippen LogP contribution in [0.15, 0.2) is 70.7 Å². The van der Waals surface area contributed by atoms with Gasteiger partial charge in [0.1, 0.15) is 6.61 Å². The number of ketones is 1. The first kappa shape index (κ1) is 20.7. The zero-order valence-electron chi connectivity index (χ0n) is 16.5. The molecular formula is C25H20BrClO3. The normalized spacial score (nSPS) is 14.1. The number of fused-ring (bicyclic) bond motifs is 1. The molecule has 0 fully saturated rings.